The van der Waals surface area contributed by atoms with Gasteiger partial charge in [0.1, 0.15) is 11.5 Å². The summed E-state index contributed by atoms with van der Waals surface area (Å²) in [5, 5.41) is 12.6. The molecule has 0 bridgehead atoms. The van der Waals surface area contributed by atoms with E-state index in [9.17, 15) is 14.7 Å². The molecule has 142 valence electrons. The monoisotopic (exact) mass is 362 g/mol. The predicted molar refractivity (Wildman–Crippen MR) is 96.6 cm³/mol. The average Bonchev–Trinajstić information content (AvgIpc) is 3.19. The van der Waals surface area contributed by atoms with Crippen LogP contribution in [0.1, 0.15) is 26.2 Å². The first-order valence-electron chi connectivity index (χ1n) is 8.91. The quantitative estimate of drug-likeness (QED) is 0.807. The highest BCUT2D eigenvalue weighted by Gasteiger charge is 2.55. The third kappa shape index (κ3) is 3.11. The maximum Gasteiger partial charge on any atom is 0.311 e. The minimum Gasteiger partial charge on any atom is -0.497 e. The number of fused-ring (bicyclic) bond motifs is 1. The summed E-state index contributed by atoms with van der Waals surface area (Å²) in [6.45, 7) is 2.89. The molecule has 0 radical (unpaired) electrons. The van der Waals surface area contributed by atoms with Gasteiger partial charge in [-0.25, -0.2) is 0 Å². The number of carbonyl (C=O) groups is 2. The van der Waals surface area contributed by atoms with Crippen molar-refractivity contribution in [1.82, 2.24) is 4.90 Å². The van der Waals surface area contributed by atoms with E-state index < -0.39 is 17.4 Å². The van der Waals surface area contributed by atoms with Crippen LogP contribution in [0.4, 0.5) is 5.69 Å². The molecule has 1 aromatic carbocycles. The smallest absolute Gasteiger partial charge is 0.311 e. The number of ether oxygens (including phenoxy) is 2. The van der Waals surface area contributed by atoms with Crippen LogP contribution >= 0.6 is 0 Å². The molecule has 1 heterocycles. The number of carbonyl (C=O) groups excluding carboxylic acids is 1. The fraction of sp³-hybridized carbons (Fsp3) is 0.579. The van der Waals surface area contributed by atoms with E-state index in [2.05, 4.69) is 5.32 Å². The maximum absolute atomic E-state index is 12.8. The predicted octanol–water partition coefficient (Wildman–Crippen LogP) is 2.22. The van der Waals surface area contributed by atoms with Crippen molar-refractivity contribution in [3.8, 4) is 11.5 Å². The Labute approximate surface area is 153 Å². The van der Waals surface area contributed by atoms with Crippen molar-refractivity contribution in [2.24, 2.45) is 11.3 Å². The first-order valence-corrected chi connectivity index (χ1v) is 8.91. The molecule has 1 unspecified atom stereocenters. The summed E-state index contributed by atoms with van der Waals surface area (Å²) < 4.78 is 10.5. The number of likely N-dealkylation sites (tertiary alicyclic amines) is 1. The van der Waals surface area contributed by atoms with E-state index in [1.165, 1.54) is 0 Å². The summed E-state index contributed by atoms with van der Waals surface area (Å²) in [6.07, 6.45) is 2.56. The van der Waals surface area contributed by atoms with Gasteiger partial charge >= 0.3 is 5.97 Å². The number of nitrogens with zero attached hydrogens (tertiary/aromatic N) is 1. The van der Waals surface area contributed by atoms with Crippen LogP contribution in [0.3, 0.4) is 0 Å². The number of carboxylic acid groups (broad SMARTS) is 1. The Morgan fingerprint density at radius 1 is 1.35 bits per heavy atom. The summed E-state index contributed by atoms with van der Waals surface area (Å²) in [7, 11) is 3.10. The number of carboxylic acids is 1. The lowest BCUT2D eigenvalue weighted by atomic mass is 9.81. The van der Waals surface area contributed by atoms with Gasteiger partial charge in [0.2, 0.25) is 5.91 Å². The summed E-state index contributed by atoms with van der Waals surface area (Å²) in [4.78, 5) is 26.6. The van der Waals surface area contributed by atoms with E-state index in [1.54, 1.807) is 32.4 Å². The van der Waals surface area contributed by atoms with Gasteiger partial charge in [-0.2, -0.15) is 0 Å². The standard InChI is InChI=1S/C19H26N2O5/c1-12(21-10-13-5-4-8-19(13,11-21)18(23)24)17(22)20-15-9-14(25-2)6-7-16(15)26-3/h6-7,9,12-13H,4-5,8,10-11H2,1-3H3,(H,20,22)(H,23,24)/t12?,13-,19+/m0/s1. The second-order valence-corrected chi connectivity index (χ2v) is 7.21. The second kappa shape index (κ2) is 7.15. The Morgan fingerprint density at radius 2 is 2.12 bits per heavy atom. The molecule has 0 spiro atoms. The number of hydrogen-bond acceptors (Lipinski definition) is 5. The van der Waals surface area contributed by atoms with E-state index in [0.717, 1.165) is 12.8 Å². The van der Waals surface area contributed by atoms with Gasteiger partial charge in [-0.1, -0.05) is 6.42 Å². The van der Waals surface area contributed by atoms with E-state index >= 15 is 0 Å². The fourth-order valence-electron chi connectivity index (χ4n) is 4.29. The minimum atomic E-state index is -0.732. The van der Waals surface area contributed by atoms with Gasteiger partial charge in [0.05, 0.1) is 31.4 Å². The lowest BCUT2D eigenvalue weighted by molar-refractivity contribution is -0.149. The number of aliphatic carboxylic acids is 1. The molecule has 7 heteroatoms. The molecule has 3 rings (SSSR count). The molecule has 1 aliphatic heterocycles. The second-order valence-electron chi connectivity index (χ2n) is 7.21. The number of rotatable bonds is 6. The van der Waals surface area contributed by atoms with Gasteiger partial charge in [0.25, 0.3) is 0 Å². The van der Waals surface area contributed by atoms with Crippen molar-refractivity contribution in [1.29, 1.82) is 0 Å². The molecular formula is C19H26N2O5. The zero-order valence-corrected chi connectivity index (χ0v) is 15.4. The van der Waals surface area contributed by atoms with Crippen molar-refractivity contribution in [2.45, 2.75) is 32.2 Å². The van der Waals surface area contributed by atoms with Gasteiger partial charge < -0.3 is 19.9 Å². The van der Waals surface area contributed by atoms with Crippen LogP contribution in [0.25, 0.3) is 0 Å². The summed E-state index contributed by atoms with van der Waals surface area (Å²) in [6, 6.07) is 4.78. The minimum absolute atomic E-state index is 0.126. The van der Waals surface area contributed by atoms with E-state index in [4.69, 9.17) is 9.47 Å². The average molecular weight is 362 g/mol. The first-order chi connectivity index (χ1) is 12.4. The molecule has 3 atom stereocenters. The molecule has 26 heavy (non-hydrogen) atoms. The normalized spacial score (nSPS) is 26.2. The van der Waals surface area contributed by atoms with E-state index in [0.29, 0.717) is 36.7 Å². The van der Waals surface area contributed by atoms with Gasteiger partial charge in [-0.3, -0.25) is 14.5 Å². The highest BCUT2D eigenvalue weighted by Crippen LogP contribution is 2.49. The Kier molecular flexibility index (Phi) is 5.09. The lowest BCUT2D eigenvalue weighted by Crippen LogP contribution is -2.43. The zero-order valence-electron chi connectivity index (χ0n) is 15.4. The summed E-state index contributed by atoms with van der Waals surface area (Å²) in [5.74, 6) is 0.379. The number of benzene rings is 1. The molecule has 2 N–H and O–H groups in total. The van der Waals surface area contributed by atoms with Crippen LogP contribution in [-0.2, 0) is 9.59 Å². The number of methoxy groups -OCH3 is 2. The van der Waals surface area contributed by atoms with Crippen molar-refractivity contribution in [3.63, 3.8) is 0 Å². The van der Waals surface area contributed by atoms with Gasteiger partial charge in [-0.05, 0) is 37.8 Å². The van der Waals surface area contributed by atoms with Crippen molar-refractivity contribution in [2.75, 3.05) is 32.6 Å². The zero-order chi connectivity index (χ0) is 18.9. The molecule has 1 saturated heterocycles. The molecule has 1 aromatic rings. The van der Waals surface area contributed by atoms with Crippen molar-refractivity contribution >= 4 is 17.6 Å². The lowest BCUT2D eigenvalue weighted by Gasteiger charge is -2.26. The fourth-order valence-corrected chi connectivity index (χ4v) is 4.29. The number of hydrogen-bond donors (Lipinski definition) is 2. The maximum atomic E-state index is 12.8. The summed E-state index contributed by atoms with van der Waals surface area (Å²) in [5.41, 5.74) is -0.154. The Morgan fingerprint density at radius 3 is 2.73 bits per heavy atom. The SMILES string of the molecule is COc1ccc(OC)c(NC(=O)C(C)N2C[C@@H]3CCC[C@@]3(C(=O)O)C2)c1. The first kappa shape index (κ1) is 18.5. The summed E-state index contributed by atoms with van der Waals surface area (Å²) >= 11 is 0. The molecule has 2 aliphatic rings. The molecule has 1 saturated carbocycles. The molecule has 2 fully saturated rings. The largest absolute Gasteiger partial charge is 0.497 e. The van der Waals surface area contributed by atoms with E-state index in [-0.39, 0.29) is 11.8 Å². The molecule has 1 aliphatic carbocycles. The third-order valence-electron chi connectivity index (χ3n) is 5.91. The Bertz CT molecular complexity index is 707. The Balaban J connectivity index is 1.72. The highest BCUT2D eigenvalue weighted by molar-refractivity contribution is 5.96. The van der Waals surface area contributed by atoms with Gasteiger partial charge in [0, 0.05) is 19.2 Å². The van der Waals surface area contributed by atoms with Crippen LogP contribution in [0.2, 0.25) is 0 Å². The number of anilines is 1. The number of amides is 1. The highest BCUT2D eigenvalue weighted by atomic mass is 16.5. The number of nitrogens with one attached hydrogen (secondary N) is 1. The third-order valence-corrected chi connectivity index (χ3v) is 5.91. The Hall–Kier alpha value is -2.28. The van der Waals surface area contributed by atoms with E-state index in [1.807, 2.05) is 11.8 Å². The topological polar surface area (TPSA) is 88.1 Å². The molecule has 1 amide bonds. The van der Waals surface area contributed by atoms with Crippen LogP contribution < -0.4 is 14.8 Å². The van der Waals surface area contributed by atoms with Crippen LogP contribution in [0, 0.1) is 11.3 Å². The van der Waals surface area contributed by atoms with Gasteiger partial charge in [-0.15, -0.1) is 0 Å². The van der Waals surface area contributed by atoms with Crippen molar-refractivity contribution < 1.29 is 24.2 Å². The molecule has 7 nitrogen and oxygen atoms in total. The van der Waals surface area contributed by atoms with Crippen LogP contribution in [0.15, 0.2) is 18.2 Å². The van der Waals surface area contributed by atoms with Crippen LogP contribution in [0.5, 0.6) is 11.5 Å². The molecule has 0 aromatic heterocycles. The molecular weight excluding hydrogens is 336 g/mol. The van der Waals surface area contributed by atoms with Crippen LogP contribution in [-0.4, -0.2) is 55.2 Å². The van der Waals surface area contributed by atoms with Gasteiger partial charge in [0.15, 0.2) is 0 Å². The van der Waals surface area contributed by atoms with Crippen molar-refractivity contribution in [3.05, 3.63) is 18.2 Å².